The summed E-state index contributed by atoms with van der Waals surface area (Å²) in [6, 6.07) is 0. The first-order chi connectivity index (χ1) is 6.22. The molecule has 0 unspecified atom stereocenters. The van der Waals surface area contributed by atoms with Gasteiger partial charge in [-0.3, -0.25) is 4.79 Å². The minimum Gasteiger partial charge on any atom is -0.469 e. The van der Waals surface area contributed by atoms with E-state index in [-0.39, 0.29) is 11.4 Å². The van der Waals surface area contributed by atoms with E-state index in [1.165, 1.54) is 32.8 Å². The molecule has 0 aromatic rings. The van der Waals surface area contributed by atoms with Crippen molar-refractivity contribution in [2.24, 2.45) is 5.41 Å². The van der Waals surface area contributed by atoms with E-state index in [2.05, 4.69) is 15.9 Å². The highest BCUT2D eigenvalue weighted by molar-refractivity contribution is 9.09. The van der Waals surface area contributed by atoms with Crippen molar-refractivity contribution >= 4 is 21.9 Å². The van der Waals surface area contributed by atoms with Crippen LogP contribution in [0, 0.1) is 5.41 Å². The number of carbonyl (C=O) groups excluding carboxylic acids is 1. The quantitative estimate of drug-likeness (QED) is 0.565. The Balaban J connectivity index is 2.51. The first kappa shape index (κ1) is 11.0. The van der Waals surface area contributed by atoms with Gasteiger partial charge in [-0.05, 0) is 24.7 Å². The summed E-state index contributed by atoms with van der Waals surface area (Å²) in [5.41, 5.74) is 0.247. The zero-order valence-corrected chi connectivity index (χ0v) is 9.73. The maximum atomic E-state index is 11.2. The first-order valence-corrected chi connectivity index (χ1v) is 5.97. The zero-order chi connectivity index (χ0) is 9.73. The topological polar surface area (TPSA) is 26.3 Å². The van der Waals surface area contributed by atoms with Gasteiger partial charge < -0.3 is 4.74 Å². The average Bonchev–Trinajstić information content (AvgIpc) is 2.54. The SMILES string of the molecule is COC(=O)CC1(CCBr)CCCC1. The Morgan fingerprint density at radius 2 is 2.08 bits per heavy atom. The summed E-state index contributed by atoms with van der Waals surface area (Å²) in [4.78, 5) is 11.2. The highest BCUT2D eigenvalue weighted by Gasteiger charge is 2.35. The zero-order valence-electron chi connectivity index (χ0n) is 8.14. The van der Waals surface area contributed by atoms with E-state index >= 15 is 0 Å². The normalized spacial score (nSPS) is 20.2. The summed E-state index contributed by atoms with van der Waals surface area (Å²) in [5.74, 6) is -0.0529. The number of esters is 1. The number of carbonyl (C=O) groups is 1. The van der Waals surface area contributed by atoms with Gasteiger partial charge in [0, 0.05) is 5.33 Å². The van der Waals surface area contributed by atoms with Crippen LogP contribution in [0.15, 0.2) is 0 Å². The lowest BCUT2D eigenvalue weighted by Crippen LogP contribution is -2.22. The van der Waals surface area contributed by atoms with Crippen LogP contribution in [-0.2, 0) is 9.53 Å². The van der Waals surface area contributed by atoms with Crippen molar-refractivity contribution in [3.63, 3.8) is 0 Å². The molecule has 0 bridgehead atoms. The minimum absolute atomic E-state index is 0.0529. The number of hydrogen-bond donors (Lipinski definition) is 0. The second-order valence-electron chi connectivity index (χ2n) is 3.90. The molecule has 3 heteroatoms. The van der Waals surface area contributed by atoms with Gasteiger partial charge >= 0.3 is 5.97 Å². The van der Waals surface area contributed by atoms with E-state index in [0.717, 1.165) is 11.8 Å². The summed E-state index contributed by atoms with van der Waals surface area (Å²) in [6.45, 7) is 0. The predicted molar refractivity (Wildman–Crippen MR) is 55.9 cm³/mol. The van der Waals surface area contributed by atoms with E-state index in [0.29, 0.717) is 6.42 Å². The second-order valence-corrected chi connectivity index (χ2v) is 4.69. The van der Waals surface area contributed by atoms with Crippen LogP contribution in [0.2, 0.25) is 0 Å². The monoisotopic (exact) mass is 248 g/mol. The van der Waals surface area contributed by atoms with E-state index in [4.69, 9.17) is 4.74 Å². The highest BCUT2D eigenvalue weighted by Crippen LogP contribution is 2.44. The Labute approximate surface area is 88.2 Å². The van der Waals surface area contributed by atoms with Crippen LogP contribution in [0.3, 0.4) is 0 Å². The summed E-state index contributed by atoms with van der Waals surface area (Å²) in [7, 11) is 1.47. The Hall–Kier alpha value is -0.0500. The van der Waals surface area contributed by atoms with E-state index < -0.39 is 0 Å². The fourth-order valence-electron chi connectivity index (χ4n) is 2.22. The van der Waals surface area contributed by atoms with Crippen molar-refractivity contribution in [3.8, 4) is 0 Å². The van der Waals surface area contributed by atoms with Gasteiger partial charge in [-0.15, -0.1) is 0 Å². The Bertz CT molecular complexity index is 174. The molecular weight excluding hydrogens is 232 g/mol. The molecule has 76 valence electrons. The van der Waals surface area contributed by atoms with Gasteiger partial charge in [0.05, 0.1) is 13.5 Å². The number of hydrogen-bond acceptors (Lipinski definition) is 2. The van der Waals surface area contributed by atoms with Gasteiger partial charge in [0.25, 0.3) is 0 Å². The van der Waals surface area contributed by atoms with Gasteiger partial charge in [0.1, 0.15) is 0 Å². The third kappa shape index (κ3) is 2.97. The molecule has 2 nitrogen and oxygen atoms in total. The van der Waals surface area contributed by atoms with Crippen molar-refractivity contribution in [2.45, 2.75) is 38.5 Å². The molecular formula is C10H17BrO2. The van der Waals surface area contributed by atoms with E-state index in [9.17, 15) is 4.79 Å². The second kappa shape index (κ2) is 4.99. The molecule has 13 heavy (non-hydrogen) atoms. The van der Waals surface area contributed by atoms with Crippen molar-refractivity contribution in [1.29, 1.82) is 0 Å². The van der Waals surface area contributed by atoms with Crippen molar-refractivity contribution < 1.29 is 9.53 Å². The molecule has 0 aliphatic heterocycles. The predicted octanol–water partition coefficient (Wildman–Crippen LogP) is 2.89. The number of rotatable bonds is 4. The fraction of sp³-hybridized carbons (Fsp3) is 0.900. The molecule has 0 atom stereocenters. The molecule has 1 rings (SSSR count). The van der Waals surface area contributed by atoms with Crippen molar-refractivity contribution in [1.82, 2.24) is 0 Å². The van der Waals surface area contributed by atoms with Crippen LogP contribution in [0.4, 0.5) is 0 Å². The van der Waals surface area contributed by atoms with Gasteiger partial charge in [-0.25, -0.2) is 0 Å². The molecule has 1 fully saturated rings. The standard InChI is InChI=1S/C10H17BrO2/c1-13-9(12)8-10(6-7-11)4-2-3-5-10/h2-8H2,1H3. The number of ether oxygens (including phenoxy) is 1. The Kier molecular flexibility index (Phi) is 4.23. The smallest absolute Gasteiger partial charge is 0.306 e. The lowest BCUT2D eigenvalue weighted by molar-refractivity contribution is -0.143. The summed E-state index contributed by atoms with van der Waals surface area (Å²) < 4.78 is 4.73. The third-order valence-electron chi connectivity index (χ3n) is 3.04. The number of halogens is 1. The van der Waals surface area contributed by atoms with Crippen LogP contribution in [0.1, 0.15) is 38.5 Å². The Morgan fingerprint density at radius 1 is 1.46 bits per heavy atom. The molecule has 0 aromatic heterocycles. The maximum absolute atomic E-state index is 11.2. The van der Waals surface area contributed by atoms with Gasteiger partial charge in [-0.1, -0.05) is 28.8 Å². The molecule has 0 saturated heterocycles. The molecule has 1 aliphatic carbocycles. The fourth-order valence-corrected chi connectivity index (χ4v) is 3.06. The molecule has 0 amide bonds. The molecule has 0 spiro atoms. The molecule has 0 radical (unpaired) electrons. The van der Waals surface area contributed by atoms with E-state index in [1.54, 1.807) is 0 Å². The molecule has 0 aromatic carbocycles. The van der Waals surface area contributed by atoms with Crippen LogP contribution < -0.4 is 0 Å². The van der Waals surface area contributed by atoms with Crippen LogP contribution in [-0.4, -0.2) is 18.4 Å². The molecule has 1 aliphatic rings. The molecule has 1 saturated carbocycles. The van der Waals surface area contributed by atoms with Crippen LogP contribution >= 0.6 is 15.9 Å². The van der Waals surface area contributed by atoms with Gasteiger partial charge in [-0.2, -0.15) is 0 Å². The third-order valence-corrected chi connectivity index (χ3v) is 3.43. The number of alkyl halides is 1. The maximum Gasteiger partial charge on any atom is 0.306 e. The molecule has 0 heterocycles. The van der Waals surface area contributed by atoms with Crippen molar-refractivity contribution in [3.05, 3.63) is 0 Å². The van der Waals surface area contributed by atoms with Gasteiger partial charge in [0.15, 0.2) is 0 Å². The highest BCUT2D eigenvalue weighted by atomic mass is 79.9. The molecule has 0 N–H and O–H groups in total. The largest absolute Gasteiger partial charge is 0.469 e. The lowest BCUT2D eigenvalue weighted by Gasteiger charge is -2.26. The average molecular weight is 249 g/mol. The lowest BCUT2D eigenvalue weighted by atomic mass is 9.80. The Morgan fingerprint density at radius 3 is 2.54 bits per heavy atom. The van der Waals surface area contributed by atoms with Gasteiger partial charge in [0.2, 0.25) is 0 Å². The summed E-state index contributed by atoms with van der Waals surface area (Å²) >= 11 is 3.45. The van der Waals surface area contributed by atoms with Crippen molar-refractivity contribution in [2.75, 3.05) is 12.4 Å². The first-order valence-electron chi connectivity index (χ1n) is 4.85. The summed E-state index contributed by atoms with van der Waals surface area (Å²) in [6.07, 6.45) is 6.62. The van der Waals surface area contributed by atoms with Crippen LogP contribution in [0.25, 0.3) is 0 Å². The van der Waals surface area contributed by atoms with Crippen LogP contribution in [0.5, 0.6) is 0 Å². The number of methoxy groups -OCH3 is 1. The minimum atomic E-state index is -0.0529. The van der Waals surface area contributed by atoms with E-state index in [1.807, 2.05) is 0 Å². The summed E-state index contributed by atoms with van der Waals surface area (Å²) in [5, 5.41) is 0.990.